The number of hydrogen-bond donors (Lipinski definition) is 1. The largest absolute Gasteiger partial charge is 0.309 e. The lowest BCUT2D eigenvalue weighted by Crippen LogP contribution is -2.27. The second-order valence-electron chi connectivity index (χ2n) is 3.92. The van der Waals surface area contributed by atoms with Crippen LogP contribution >= 0.6 is 23.2 Å². The molecule has 1 atom stereocenters. The summed E-state index contributed by atoms with van der Waals surface area (Å²) in [4.78, 5) is 0. The molecule has 0 aliphatic rings. The lowest BCUT2D eigenvalue weighted by Gasteiger charge is -2.22. The summed E-state index contributed by atoms with van der Waals surface area (Å²) in [6.45, 7) is 5.22. The van der Waals surface area contributed by atoms with E-state index in [9.17, 15) is 0 Å². The third kappa shape index (κ3) is 4.02. The van der Waals surface area contributed by atoms with Crippen molar-refractivity contribution in [1.82, 2.24) is 5.32 Å². The SMILES string of the molecule is CC(C)C(NCCCl)c1ccc(Cl)cc1. The first-order valence-electron chi connectivity index (χ1n) is 5.20. The van der Waals surface area contributed by atoms with Gasteiger partial charge in [0, 0.05) is 23.5 Å². The number of benzene rings is 1. The average Bonchev–Trinajstić information content (AvgIpc) is 2.21. The number of halogens is 2. The van der Waals surface area contributed by atoms with Gasteiger partial charge in [0.1, 0.15) is 0 Å². The van der Waals surface area contributed by atoms with E-state index in [4.69, 9.17) is 23.2 Å². The van der Waals surface area contributed by atoms with Gasteiger partial charge >= 0.3 is 0 Å². The van der Waals surface area contributed by atoms with Gasteiger partial charge in [-0.3, -0.25) is 0 Å². The monoisotopic (exact) mass is 245 g/mol. The molecule has 15 heavy (non-hydrogen) atoms. The van der Waals surface area contributed by atoms with Crippen LogP contribution in [-0.2, 0) is 0 Å². The molecule has 0 aliphatic heterocycles. The zero-order valence-corrected chi connectivity index (χ0v) is 10.6. The normalized spacial score (nSPS) is 13.1. The van der Waals surface area contributed by atoms with E-state index in [0.717, 1.165) is 11.6 Å². The molecule has 1 nitrogen and oxygen atoms in total. The third-order valence-electron chi connectivity index (χ3n) is 2.35. The van der Waals surface area contributed by atoms with Crippen LogP contribution in [0.1, 0.15) is 25.5 Å². The molecule has 1 unspecified atom stereocenters. The van der Waals surface area contributed by atoms with Crippen LogP contribution < -0.4 is 5.32 Å². The molecular formula is C12H17Cl2N. The van der Waals surface area contributed by atoms with Crippen molar-refractivity contribution in [2.24, 2.45) is 5.92 Å². The van der Waals surface area contributed by atoms with Crippen LogP contribution in [0.25, 0.3) is 0 Å². The highest BCUT2D eigenvalue weighted by Crippen LogP contribution is 2.22. The van der Waals surface area contributed by atoms with Gasteiger partial charge in [0.25, 0.3) is 0 Å². The van der Waals surface area contributed by atoms with Crippen molar-refractivity contribution in [3.8, 4) is 0 Å². The van der Waals surface area contributed by atoms with E-state index in [2.05, 4.69) is 31.3 Å². The molecule has 1 aromatic carbocycles. The molecule has 0 fully saturated rings. The van der Waals surface area contributed by atoms with Gasteiger partial charge in [0.2, 0.25) is 0 Å². The number of nitrogens with one attached hydrogen (secondary N) is 1. The Kier molecular flexibility index (Phi) is 5.44. The van der Waals surface area contributed by atoms with E-state index in [0.29, 0.717) is 17.8 Å². The van der Waals surface area contributed by atoms with Crippen molar-refractivity contribution in [1.29, 1.82) is 0 Å². The van der Waals surface area contributed by atoms with Gasteiger partial charge < -0.3 is 5.32 Å². The molecule has 84 valence electrons. The zero-order valence-electron chi connectivity index (χ0n) is 9.13. The zero-order chi connectivity index (χ0) is 11.3. The van der Waals surface area contributed by atoms with Crippen LogP contribution in [-0.4, -0.2) is 12.4 Å². The smallest absolute Gasteiger partial charge is 0.0406 e. The molecule has 1 rings (SSSR count). The maximum absolute atomic E-state index is 5.86. The lowest BCUT2D eigenvalue weighted by atomic mass is 9.96. The minimum absolute atomic E-state index is 0.348. The molecule has 0 saturated heterocycles. The van der Waals surface area contributed by atoms with Crippen molar-refractivity contribution in [2.45, 2.75) is 19.9 Å². The molecule has 1 N–H and O–H groups in total. The second-order valence-corrected chi connectivity index (χ2v) is 4.73. The van der Waals surface area contributed by atoms with Gasteiger partial charge in [-0.2, -0.15) is 0 Å². The van der Waals surface area contributed by atoms with E-state index in [1.165, 1.54) is 5.56 Å². The molecule has 0 aromatic heterocycles. The van der Waals surface area contributed by atoms with Gasteiger partial charge in [-0.05, 0) is 23.6 Å². The van der Waals surface area contributed by atoms with Crippen LogP contribution in [0, 0.1) is 5.92 Å². The predicted molar refractivity (Wildman–Crippen MR) is 67.8 cm³/mol. The number of hydrogen-bond acceptors (Lipinski definition) is 1. The highest BCUT2D eigenvalue weighted by atomic mass is 35.5. The number of rotatable bonds is 5. The molecule has 0 aliphatic carbocycles. The van der Waals surface area contributed by atoms with Crippen LogP contribution in [0.15, 0.2) is 24.3 Å². The van der Waals surface area contributed by atoms with Gasteiger partial charge in [-0.1, -0.05) is 37.6 Å². The third-order valence-corrected chi connectivity index (χ3v) is 2.80. The summed E-state index contributed by atoms with van der Waals surface area (Å²) in [7, 11) is 0. The summed E-state index contributed by atoms with van der Waals surface area (Å²) >= 11 is 11.5. The Bertz CT molecular complexity index is 282. The Morgan fingerprint density at radius 2 is 1.80 bits per heavy atom. The standard InChI is InChI=1S/C12H17Cl2N/c1-9(2)12(15-8-7-13)10-3-5-11(14)6-4-10/h3-6,9,12,15H,7-8H2,1-2H3. The molecule has 0 saturated carbocycles. The predicted octanol–water partition coefficient (Wildman–Crippen LogP) is 3.87. The minimum atomic E-state index is 0.348. The fraction of sp³-hybridized carbons (Fsp3) is 0.500. The van der Waals surface area contributed by atoms with Crippen LogP contribution in [0.3, 0.4) is 0 Å². The molecule has 1 aromatic rings. The van der Waals surface area contributed by atoms with Crippen molar-refractivity contribution in [3.63, 3.8) is 0 Å². The number of alkyl halides is 1. The van der Waals surface area contributed by atoms with E-state index in [-0.39, 0.29) is 0 Å². The summed E-state index contributed by atoms with van der Waals surface area (Å²) in [6, 6.07) is 8.33. The van der Waals surface area contributed by atoms with E-state index < -0.39 is 0 Å². The topological polar surface area (TPSA) is 12.0 Å². The summed E-state index contributed by atoms with van der Waals surface area (Å²) in [6.07, 6.45) is 0. The summed E-state index contributed by atoms with van der Waals surface area (Å²) < 4.78 is 0. The molecule has 0 radical (unpaired) electrons. The molecule has 0 bridgehead atoms. The second kappa shape index (κ2) is 6.37. The first-order valence-corrected chi connectivity index (χ1v) is 6.11. The maximum atomic E-state index is 5.86. The quantitative estimate of drug-likeness (QED) is 0.778. The van der Waals surface area contributed by atoms with Crippen LogP contribution in [0.4, 0.5) is 0 Å². The minimum Gasteiger partial charge on any atom is -0.309 e. The summed E-state index contributed by atoms with van der Waals surface area (Å²) in [5.41, 5.74) is 1.26. The highest BCUT2D eigenvalue weighted by molar-refractivity contribution is 6.30. The van der Waals surface area contributed by atoms with Crippen LogP contribution in [0.2, 0.25) is 5.02 Å². The first kappa shape index (κ1) is 12.8. The Balaban J connectivity index is 2.74. The van der Waals surface area contributed by atoms with E-state index in [1.807, 2.05) is 12.1 Å². The van der Waals surface area contributed by atoms with E-state index >= 15 is 0 Å². The molecule has 0 spiro atoms. The van der Waals surface area contributed by atoms with Crippen LogP contribution in [0.5, 0.6) is 0 Å². The lowest BCUT2D eigenvalue weighted by molar-refractivity contribution is 0.422. The van der Waals surface area contributed by atoms with Gasteiger partial charge in [-0.25, -0.2) is 0 Å². The summed E-state index contributed by atoms with van der Waals surface area (Å²) in [5, 5.41) is 4.21. The Hall–Kier alpha value is -0.240. The molecule has 0 amide bonds. The van der Waals surface area contributed by atoms with Gasteiger partial charge in [0.05, 0.1) is 0 Å². The van der Waals surface area contributed by atoms with Crippen molar-refractivity contribution in [2.75, 3.05) is 12.4 Å². The maximum Gasteiger partial charge on any atom is 0.0406 e. The van der Waals surface area contributed by atoms with Crippen molar-refractivity contribution >= 4 is 23.2 Å². The first-order chi connectivity index (χ1) is 7.15. The van der Waals surface area contributed by atoms with Gasteiger partial charge in [0.15, 0.2) is 0 Å². The fourth-order valence-corrected chi connectivity index (χ4v) is 1.85. The Labute approximate surface area is 102 Å². The summed E-state index contributed by atoms with van der Waals surface area (Å²) in [5.74, 6) is 1.17. The highest BCUT2D eigenvalue weighted by Gasteiger charge is 2.14. The molecule has 3 heteroatoms. The fourth-order valence-electron chi connectivity index (χ4n) is 1.62. The Morgan fingerprint density at radius 3 is 2.27 bits per heavy atom. The van der Waals surface area contributed by atoms with Crippen molar-refractivity contribution in [3.05, 3.63) is 34.9 Å². The van der Waals surface area contributed by atoms with Gasteiger partial charge in [-0.15, -0.1) is 11.6 Å². The Morgan fingerprint density at radius 1 is 1.20 bits per heavy atom. The van der Waals surface area contributed by atoms with Crippen molar-refractivity contribution < 1.29 is 0 Å². The average molecular weight is 246 g/mol. The molecule has 0 heterocycles. The molecular weight excluding hydrogens is 229 g/mol. The van der Waals surface area contributed by atoms with E-state index in [1.54, 1.807) is 0 Å².